The molecule has 2 heteroatoms. The SMILES string of the molecule is CCCCCCC1(CCCCCC)c2cc(C3=CCC(N(c4ccccc4)c4ccc(C)cc4)C=C3)ccc2C2CCC(C3C=CC(N(C4=CCCC=C4)C4=CC=C(C)CC4)CC3)CC21. The molecule has 0 N–H and O–H groups in total. The minimum atomic E-state index is 0.272. The lowest BCUT2D eigenvalue weighted by Crippen LogP contribution is -2.39. The van der Waals surface area contributed by atoms with E-state index in [0.29, 0.717) is 17.9 Å². The third kappa shape index (κ3) is 10.1. The number of rotatable bonds is 18. The fourth-order valence-corrected chi connectivity index (χ4v) is 13.3. The molecule has 0 aromatic heterocycles. The highest BCUT2D eigenvalue weighted by molar-refractivity contribution is 5.78. The van der Waals surface area contributed by atoms with Crippen molar-refractivity contribution in [2.45, 2.75) is 180 Å². The maximum Gasteiger partial charge on any atom is 0.0560 e. The topological polar surface area (TPSA) is 6.48 Å². The van der Waals surface area contributed by atoms with Gasteiger partial charge < -0.3 is 9.80 Å². The summed E-state index contributed by atoms with van der Waals surface area (Å²) in [6.07, 6.45) is 50.9. The van der Waals surface area contributed by atoms with Gasteiger partial charge in [0.15, 0.2) is 0 Å². The third-order valence-electron chi connectivity index (χ3n) is 16.8. The molecular formula is C63H80N2. The highest BCUT2D eigenvalue weighted by atomic mass is 15.2. The molecule has 1 saturated carbocycles. The monoisotopic (exact) mass is 865 g/mol. The maximum atomic E-state index is 2.75. The molecule has 65 heavy (non-hydrogen) atoms. The van der Waals surface area contributed by atoms with Crippen LogP contribution >= 0.6 is 0 Å². The van der Waals surface area contributed by atoms with Crippen LogP contribution in [0, 0.1) is 24.7 Å². The molecule has 6 unspecified atom stereocenters. The maximum absolute atomic E-state index is 2.75. The zero-order valence-corrected chi connectivity index (χ0v) is 40.7. The second kappa shape index (κ2) is 21.4. The summed E-state index contributed by atoms with van der Waals surface area (Å²) >= 11 is 0. The molecule has 0 aliphatic heterocycles. The number of aryl methyl sites for hydroxylation is 1. The van der Waals surface area contributed by atoms with Gasteiger partial charge in [0.05, 0.1) is 12.1 Å². The third-order valence-corrected chi connectivity index (χ3v) is 16.8. The predicted octanol–water partition coefficient (Wildman–Crippen LogP) is 17.7. The molecular weight excluding hydrogens is 785 g/mol. The first-order valence-corrected chi connectivity index (χ1v) is 26.6. The molecule has 6 aliphatic carbocycles. The van der Waals surface area contributed by atoms with E-state index in [1.165, 1.54) is 154 Å². The molecule has 0 amide bonds. The minimum absolute atomic E-state index is 0.272. The minimum Gasteiger partial charge on any atom is -0.339 e. The second-order valence-corrected chi connectivity index (χ2v) is 21.1. The van der Waals surface area contributed by atoms with Crippen molar-refractivity contribution in [2.24, 2.45) is 17.8 Å². The van der Waals surface area contributed by atoms with Gasteiger partial charge in [0.25, 0.3) is 0 Å². The van der Waals surface area contributed by atoms with Gasteiger partial charge in [-0.25, -0.2) is 0 Å². The van der Waals surface area contributed by atoms with Crippen LogP contribution in [0.1, 0.15) is 177 Å². The Kier molecular flexibility index (Phi) is 15.0. The van der Waals surface area contributed by atoms with E-state index >= 15 is 0 Å². The molecule has 0 saturated heterocycles. The van der Waals surface area contributed by atoms with Crippen molar-refractivity contribution in [1.82, 2.24) is 4.90 Å². The lowest BCUT2D eigenvalue weighted by atomic mass is 9.59. The van der Waals surface area contributed by atoms with Gasteiger partial charge in [0, 0.05) is 22.8 Å². The van der Waals surface area contributed by atoms with Crippen molar-refractivity contribution in [3.63, 3.8) is 0 Å². The van der Waals surface area contributed by atoms with Crippen LogP contribution in [-0.2, 0) is 5.41 Å². The van der Waals surface area contributed by atoms with Gasteiger partial charge in [-0.3, -0.25) is 0 Å². The fraction of sp³-hybridized carbons (Fsp3) is 0.492. The Morgan fingerprint density at radius 2 is 1.43 bits per heavy atom. The Labute approximate surface area is 395 Å². The summed E-state index contributed by atoms with van der Waals surface area (Å²) in [6.45, 7) is 9.23. The number of nitrogens with zero attached hydrogens (tertiary/aromatic N) is 2. The molecule has 0 bridgehead atoms. The van der Waals surface area contributed by atoms with Gasteiger partial charge in [0.1, 0.15) is 0 Å². The molecule has 0 radical (unpaired) electrons. The van der Waals surface area contributed by atoms with Crippen molar-refractivity contribution < 1.29 is 0 Å². The zero-order valence-electron chi connectivity index (χ0n) is 40.7. The molecule has 3 aromatic carbocycles. The van der Waals surface area contributed by atoms with E-state index in [-0.39, 0.29) is 11.5 Å². The largest absolute Gasteiger partial charge is 0.339 e. The molecule has 1 fully saturated rings. The summed E-state index contributed by atoms with van der Waals surface area (Å²) in [5.74, 6) is 2.95. The van der Waals surface area contributed by atoms with Crippen LogP contribution in [0.2, 0.25) is 0 Å². The number of allylic oxidation sites excluding steroid dienone is 10. The number of fused-ring (bicyclic) bond motifs is 3. The van der Waals surface area contributed by atoms with Crippen LogP contribution in [-0.4, -0.2) is 17.0 Å². The number of anilines is 2. The number of hydrogen-bond donors (Lipinski definition) is 0. The van der Waals surface area contributed by atoms with Gasteiger partial charge >= 0.3 is 0 Å². The van der Waals surface area contributed by atoms with E-state index in [4.69, 9.17) is 0 Å². The highest BCUT2D eigenvalue weighted by Gasteiger charge is 2.53. The van der Waals surface area contributed by atoms with Crippen LogP contribution < -0.4 is 4.90 Å². The highest BCUT2D eigenvalue weighted by Crippen LogP contribution is 2.63. The molecule has 0 heterocycles. The number of hydrogen-bond acceptors (Lipinski definition) is 2. The van der Waals surface area contributed by atoms with Gasteiger partial charge in [-0.05, 0) is 179 Å². The van der Waals surface area contributed by atoms with Crippen molar-refractivity contribution >= 4 is 16.9 Å². The number of benzene rings is 3. The van der Waals surface area contributed by atoms with Crippen LogP contribution in [0.5, 0.6) is 0 Å². The first-order valence-electron chi connectivity index (χ1n) is 26.6. The van der Waals surface area contributed by atoms with E-state index in [1.54, 1.807) is 11.1 Å². The van der Waals surface area contributed by atoms with Crippen molar-refractivity contribution in [3.8, 4) is 0 Å². The number of para-hydroxylation sites is 1. The van der Waals surface area contributed by atoms with E-state index in [1.807, 2.05) is 0 Å². The first kappa shape index (κ1) is 45.6. The molecule has 3 aromatic rings. The Bertz CT molecular complexity index is 2270. The van der Waals surface area contributed by atoms with E-state index in [9.17, 15) is 0 Å². The summed E-state index contributed by atoms with van der Waals surface area (Å²) in [6, 6.07) is 28.7. The number of unbranched alkanes of at least 4 members (excludes halogenated alkanes) is 6. The Morgan fingerprint density at radius 1 is 0.646 bits per heavy atom. The molecule has 2 nitrogen and oxygen atoms in total. The summed E-state index contributed by atoms with van der Waals surface area (Å²) in [4.78, 5) is 5.26. The van der Waals surface area contributed by atoms with E-state index < -0.39 is 0 Å². The summed E-state index contributed by atoms with van der Waals surface area (Å²) < 4.78 is 0. The van der Waals surface area contributed by atoms with Crippen molar-refractivity contribution in [3.05, 3.63) is 173 Å². The summed E-state index contributed by atoms with van der Waals surface area (Å²) in [7, 11) is 0. The lowest BCUT2D eigenvalue weighted by Gasteiger charge is -2.46. The predicted molar refractivity (Wildman–Crippen MR) is 280 cm³/mol. The van der Waals surface area contributed by atoms with Gasteiger partial charge in [-0.2, -0.15) is 0 Å². The van der Waals surface area contributed by atoms with Gasteiger partial charge in [0.2, 0.25) is 0 Å². The molecule has 9 rings (SSSR count). The first-order chi connectivity index (χ1) is 32.0. The van der Waals surface area contributed by atoms with Gasteiger partial charge in [-0.15, -0.1) is 0 Å². The van der Waals surface area contributed by atoms with E-state index in [0.717, 1.165) is 31.1 Å². The van der Waals surface area contributed by atoms with Gasteiger partial charge in [-0.1, -0.05) is 173 Å². The summed E-state index contributed by atoms with van der Waals surface area (Å²) in [5.41, 5.74) is 14.9. The summed E-state index contributed by atoms with van der Waals surface area (Å²) in [5, 5.41) is 0. The molecule has 342 valence electrons. The Hall–Kier alpha value is -4.56. The standard InChI is InChI=1S/C63H80N2/c1-5-7-9-17-43-63(44-18-10-8-6-2)61-45-51(49-27-37-57(38-28-49)64(53-19-13-11-14-20-53)55-33-23-47(3)24-34-55)31-41-59(61)60-42-32-52(46-62(60)63)50-29-39-58(40-30-50)65(54-21-15-12-16-22-54)56-35-25-48(4)26-36-56/h11,13-15,19-25,27-29,31,33-35,37,39,41,45,50,52,57-58,60,62H,5-10,12,16-18,26,30,32,36,38,40,42-44,46H2,1-4H3. The smallest absolute Gasteiger partial charge is 0.0560 e. The zero-order chi connectivity index (χ0) is 44.6. The quantitative estimate of drug-likeness (QED) is 0.0928. The second-order valence-electron chi connectivity index (χ2n) is 21.1. The molecule has 6 aliphatic rings. The Balaban J connectivity index is 0.989. The lowest BCUT2D eigenvalue weighted by molar-refractivity contribution is 0.111. The Morgan fingerprint density at radius 3 is 2.09 bits per heavy atom. The average molecular weight is 865 g/mol. The van der Waals surface area contributed by atoms with Crippen LogP contribution in [0.25, 0.3) is 5.57 Å². The van der Waals surface area contributed by atoms with Crippen LogP contribution in [0.3, 0.4) is 0 Å². The fourth-order valence-electron chi connectivity index (χ4n) is 13.3. The van der Waals surface area contributed by atoms with Crippen molar-refractivity contribution in [1.29, 1.82) is 0 Å². The van der Waals surface area contributed by atoms with Crippen LogP contribution in [0.4, 0.5) is 11.4 Å². The average Bonchev–Trinajstić information content (AvgIpc) is 3.62. The normalized spacial score (nSPS) is 25.5. The molecule has 6 atom stereocenters. The van der Waals surface area contributed by atoms with Crippen molar-refractivity contribution in [2.75, 3.05) is 4.90 Å². The van der Waals surface area contributed by atoms with E-state index in [2.05, 4.69) is 171 Å². The van der Waals surface area contributed by atoms with Crippen LogP contribution in [0.15, 0.2) is 151 Å². The molecule has 0 spiro atoms.